The number of hydrogen-bond donors (Lipinski definition) is 3. The fraction of sp³-hybridized carbons (Fsp3) is 0.600. The number of hydrogen-bond acceptors (Lipinski definition) is 4. The molecule has 0 spiro atoms. The van der Waals surface area contributed by atoms with Gasteiger partial charge in [-0.15, -0.1) is 24.0 Å². The van der Waals surface area contributed by atoms with Crippen LogP contribution in [-0.2, 0) is 16.0 Å². The van der Waals surface area contributed by atoms with Crippen LogP contribution in [0, 0.1) is 0 Å². The van der Waals surface area contributed by atoms with Gasteiger partial charge < -0.3 is 25.4 Å². The van der Waals surface area contributed by atoms with Gasteiger partial charge in [-0.05, 0) is 50.8 Å². The van der Waals surface area contributed by atoms with Gasteiger partial charge in [0.05, 0.1) is 5.60 Å². The summed E-state index contributed by atoms with van der Waals surface area (Å²) in [6, 6.07) is 8.18. The van der Waals surface area contributed by atoms with Crippen molar-refractivity contribution in [3.05, 3.63) is 29.8 Å². The highest BCUT2D eigenvalue weighted by Gasteiger charge is 2.23. The zero-order chi connectivity index (χ0) is 19.7. The molecule has 0 unspecified atom stereocenters. The molecule has 28 heavy (non-hydrogen) atoms. The number of amides is 1. The molecule has 0 aromatic heterocycles. The molecule has 158 valence electrons. The first-order valence-corrected chi connectivity index (χ1v) is 9.42. The Bertz CT molecular complexity index is 631. The Balaban J connectivity index is 0.00000392. The first-order chi connectivity index (χ1) is 12.9. The second-order valence-electron chi connectivity index (χ2n) is 7.34. The lowest BCUT2D eigenvalue weighted by Crippen LogP contribution is -2.45. The van der Waals surface area contributed by atoms with Crippen LogP contribution in [0.15, 0.2) is 29.3 Å². The molecule has 0 atom stereocenters. The summed E-state index contributed by atoms with van der Waals surface area (Å²) in [7, 11) is 3.45. The maximum atomic E-state index is 11.6. The molecule has 1 aromatic rings. The highest BCUT2D eigenvalue weighted by molar-refractivity contribution is 14.0. The molecule has 1 aliphatic rings. The summed E-state index contributed by atoms with van der Waals surface area (Å²) < 4.78 is 10.9. The number of benzene rings is 1. The van der Waals surface area contributed by atoms with Gasteiger partial charge in [-0.2, -0.15) is 0 Å². The lowest BCUT2D eigenvalue weighted by Gasteiger charge is -2.24. The number of guanidine groups is 1. The van der Waals surface area contributed by atoms with Crippen LogP contribution >= 0.6 is 24.0 Å². The van der Waals surface area contributed by atoms with E-state index in [2.05, 4.69) is 20.9 Å². The Kier molecular flexibility index (Phi) is 10.6. The van der Waals surface area contributed by atoms with E-state index >= 15 is 0 Å². The molecule has 8 heteroatoms. The predicted molar refractivity (Wildman–Crippen MR) is 123 cm³/mol. The highest BCUT2D eigenvalue weighted by atomic mass is 127. The molecule has 1 amide bonds. The number of nitrogens with zero attached hydrogens (tertiary/aromatic N) is 1. The lowest BCUT2D eigenvalue weighted by atomic mass is 10.1. The van der Waals surface area contributed by atoms with Gasteiger partial charge >= 0.3 is 0 Å². The van der Waals surface area contributed by atoms with Crippen LogP contribution in [0.5, 0.6) is 5.75 Å². The van der Waals surface area contributed by atoms with E-state index in [0.717, 1.165) is 31.8 Å². The molecule has 0 saturated heterocycles. The van der Waals surface area contributed by atoms with E-state index in [1.807, 2.05) is 38.1 Å². The van der Waals surface area contributed by atoms with Gasteiger partial charge in [0.2, 0.25) is 0 Å². The summed E-state index contributed by atoms with van der Waals surface area (Å²) in [5, 5.41) is 9.46. The molecule has 3 N–H and O–H groups in total. The molecule has 0 bridgehead atoms. The minimum absolute atomic E-state index is 0. The normalized spacial score (nSPS) is 14.1. The van der Waals surface area contributed by atoms with Crippen LogP contribution in [0.1, 0.15) is 32.3 Å². The Morgan fingerprint density at radius 1 is 1.21 bits per heavy atom. The van der Waals surface area contributed by atoms with Crippen molar-refractivity contribution in [3.8, 4) is 5.75 Å². The van der Waals surface area contributed by atoms with Gasteiger partial charge in [-0.3, -0.25) is 9.79 Å². The van der Waals surface area contributed by atoms with Crippen LogP contribution in [-0.4, -0.2) is 57.4 Å². The molecule has 2 rings (SSSR count). The average molecular weight is 504 g/mol. The molecular formula is C20H33IN4O3. The number of methoxy groups -OCH3 is 1. The molecule has 1 aliphatic carbocycles. The van der Waals surface area contributed by atoms with Gasteiger partial charge in [0, 0.05) is 33.3 Å². The Morgan fingerprint density at radius 3 is 2.46 bits per heavy atom. The monoisotopic (exact) mass is 504 g/mol. The Morgan fingerprint density at radius 2 is 1.89 bits per heavy atom. The van der Waals surface area contributed by atoms with Crippen LogP contribution in [0.3, 0.4) is 0 Å². The Hall–Kier alpha value is -1.55. The highest BCUT2D eigenvalue weighted by Crippen LogP contribution is 2.18. The summed E-state index contributed by atoms with van der Waals surface area (Å²) in [6.45, 7) is 5.54. The van der Waals surface area contributed by atoms with E-state index in [9.17, 15) is 4.79 Å². The summed E-state index contributed by atoms with van der Waals surface area (Å²) in [6.07, 6.45) is 3.02. The third-order valence-electron chi connectivity index (χ3n) is 4.40. The van der Waals surface area contributed by atoms with Gasteiger partial charge in [-0.1, -0.05) is 12.1 Å². The van der Waals surface area contributed by atoms with Crippen molar-refractivity contribution in [1.82, 2.24) is 16.0 Å². The van der Waals surface area contributed by atoms with Gasteiger partial charge in [-0.25, -0.2) is 0 Å². The molecule has 1 fully saturated rings. The smallest absolute Gasteiger partial charge is 0.258 e. The van der Waals surface area contributed by atoms with E-state index in [4.69, 9.17) is 9.47 Å². The van der Waals surface area contributed by atoms with Crippen molar-refractivity contribution in [2.45, 2.75) is 44.8 Å². The SMILES string of the molecule is CN=C(NCCc1ccc(OCC(=O)NC2CC2)cc1)NCC(C)(C)OC.I. The standard InChI is InChI=1S/C20H32N4O3.HI/c1-20(2,26-4)14-23-19(21-3)22-12-11-15-5-9-17(10-6-15)27-13-18(25)24-16-7-8-16;/h5-6,9-10,16H,7-8,11-14H2,1-4H3,(H,24,25)(H2,21,22,23);1H. The number of rotatable bonds is 10. The van der Waals surface area contributed by atoms with Crippen molar-refractivity contribution in [3.63, 3.8) is 0 Å². The number of aliphatic imine (C=N–C) groups is 1. The molecule has 1 aromatic carbocycles. The molecule has 1 saturated carbocycles. The van der Waals surface area contributed by atoms with Crippen molar-refractivity contribution < 1.29 is 14.3 Å². The van der Waals surface area contributed by atoms with E-state index in [-0.39, 0.29) is 42.1 Å². The minimum Gasteiger partial charge on any atom is -0.484 e. The van der Waals surface area contributed by atoms with Gasteiger partial charge in [0.25, 0.3) is 5.91 Å². The number of ether oxygens (including phenoxy) is 2. The van der Waals surface area contributed by atoms with E-state index < -0.39 is 0 Å². The van der Waals surface area contributed by atoms with Crippen LogP contribution in [0.25, 0.3) is 0 Å². The predicted octanol–water partition coefficient (Wildman–Crippen LogP) is 2.09. The number of nitrogens with one attached hydrogen (secondary N) is 3. The molecular weight excluding hydrogens is 471 g/mol. The molecule has 0 aliphatic heterocycles. The van der Waals surface area contributed by atoms with Crippen LogP contribution in [0.2, 0.25) is 0 Å². The second kappa shape index (κ2) is 12.1. The number of carbonyl (C=O) groups excluding carboxylic acids is 1. The fourth-order valence-corrected chi connectivity index (χ4v) is 2.31. The third kappa shape index (κ3) is 9.59. The summed E-state index contributed by atoms with van der Waals surface area (Å²) in [4.78, 5) is 15.8. The number of carbonyl (C=O) groups is 1. The van der Waals surface area contributed by atoms with Gasteiger partial charge in [0.15, 0.2) is 12.6 Å². The molecule has 0 radical (unpaired) electrons. The van der Waals surface area contributed by atoms with E-state index in [0.29, 0.717) is 18.3 Å². The quantitative estimate of drug-likeness (QED) is 0.258. The molecule has 7 nitrogen and oxygen atoms in total. The summed E-state index contributed by atoms with van der Waals surface area (Å²) in [5.41, 5.74) is 0.938. The van der Waals surface area contributed by atoms with Crippen molar-refractivity contribution >= 4 is 35.8 Å². The van der Waals surface area contributed by atoms with Crippen molar-refractivity contribution in [1.29, 1.82) is 0 Å². The zero-order valence-corrected chi connectivity index (χ0v) is 19.5. The van der Waals surface area contributed by atoms with Crippen LogP contribution in [0.4, 0.5) is 0 Å². The van der Waals surface area contributed by atoms with E-state index in [1.165, 1.54) is 5.56 Å². The minimum atomic E-state index is -0.247. The largest absolute Gasteiger partial charge is 0.484 e. The third-order valence-corrected chi connectivity index (χ3v) is 4.40. The Labute approximate surface area is 185 Å². The first kappa shape index (κ1) is 24.5. The summed E-state index contributed by atoms with van der Waals surface area (Å²) >= 11 is 0. The fourth-order valence-electron chi connectivity index (χ4n) is 2.31. The lowest BCUT2D eigenvalue weighted by molar-refractivity contribution is -0.123. The second-order valence-corrected chi connectivity index (χ2v) is 7.34. The van der Waals surface area contributed by atoms with Crippen LogP contribution < -0.4 is 20.7 Å². The van der Waals surface area contributed by atoms with Gasteiger partial charge in [0.1, 0.15) is 5.75 Å². The summed E-state index contributed by atoms with van der Waals surface area (Å²) in [5.74, 6) is 1.40. The van der Waals surface area contributed by atoms with Crippen molar-refractivity contribution in [2.24, 2.45) is 4.99 Å². The first-order valence-electron chi connectivity index (χ1n) is 9.42. The number of halogens is 1. The maximum Gasteiger partial charge on any atom is 0.258 e. The van der Waals surface area contributed by atoms with Crippen molar-refractivity contribution in [2.75, 3.05) is 33.9 Å². The van der Waals surface area contributed by atoms with E-state index in [1.54, 1.807) is 14.2 Å². The maximum absolute atomic E-state index is 11.6. The average Bonchev–Trinajstić information content (AvgIpc) is 3.47. The zero-order valence-electron chi connectivity index (χ0n) is 17.2. The molecule has 0 heterocycles. The topological polar surface area (TPSA) is 84.0 Å².